The van der Waals surface area contributed by atoms with Gasteiger partial charge in [0, 0.05) is 25.4 Å². The maximum absolute atomic E-state index is 14.1. The molecule has 2 aromatic rings. The Hall–Kier alpha value is -2.02. The highest BCUT2D eigenvalue weighted by Gasteiger charge is 2.13. The topological polar surface area (TPSA) is 64.9 Å². The fourth-order valence-electron chi connectivity index (χ4n) is 1.52. The van der Waals surface area contributed by atoms with Crippen LogP contribution in [0.1, 0.15) is 18.9 Å². The smallest absolute Gasteiger partial charge is 0.342 e. The summed E-state index contributed by atoms with van der Waals surface area (Å²) in [6, 6.07) is 1.70. The van der Waals surface area contributed by atoms with Gasteiger partial charge >= 0.3 is 6.01 Å². The Morgan fingerprint density at radius 1 is 1.42 bits per heavy atom. The van der Waals surface area contributed by atoms with Crippen molar-refractivity contribution in [3.8, 4) is 11.9 Å². The molecule has 0 aliphatic rings. The molecule has 0 bridgehead atoms. The van der Waals surface area contributed by atoms with Crippen molar-refractivity contribution in [1.82, 2.24) is 25.1 Å². The van der Waals surface area contributed by atoms with E-state index < -0.39 is 5.82 Å². The van der Waals surface area contributed by atoms with E-state index in [4.69, 9.17) is 4.74 Å². The largest absolute Gasteiger partial charge is 0.401 e. The van der Waals surface area contributed by atoms with Crippen LogP contribution >= 0.6 is 0 Å². The lowest BCUT2D eigenvalue weighted by molar-refractivity contribution is 0.388. The average Bonchev–Trinajstić information content (AvgIpc) is 2.80. The summed E-state index contributed by atoms with van der Waals surface area (Å²) < 4.78 is 20.8. The fraction of sp³-hybridized carbons (Fsp3) is 0.417. The first-order chi connectivity index (χ1) is 9.20. The molecule has 7 heteroatoms. The quantitative estimate of drug-likeness (QED) is 0.804. The molecule has 0 saturated heterocycles. The third-order valence-electron chi connectivity index (χ3n) is 2.45. The zero-order chi connectivity index (χ0) is 13.7. The van der Waals surface area contributed by atoms with Crippen LogP contribution in [-0.4, -0.2) is 26.3 Å². The average molecular weight is 265 g/mol. The van der Waals surface area contributed by atoms with E-state index in [1.807, 2.05) is 0 Å². The van der Waals surface area contributed by atoms with E-state index in [0.29, 0.717) is 12.1 Å². The van der Waals surface area contributed by atoms with Gasteiger partial charge in [-0.3, -0.25) is 4.68 Å². The Balaban J connectivity index is 2.10. The summed E-state index contributed by atoms with van der Waals surface area (Å²) in [5.41, 5.74) is 0.509. The van der Waals surface area contributed by atoms with Crippen LogP contribution in [0.5, 0.6) is 11.9 Å². The van der Waals surface area contributed by atoms with Crippen molar-refractivity contribution < 1.29 is 9.13 Å². The molecule has 102 valence electrons. The molecule has 0 spiro atoms. The lowest BCUT2D eigenvalue weighted by Crippen LogP contribution is -2.15. The Labute approximate surface area is 110 Å². The number of pyridine rings is 1. The normalized spacial score (nSPS) is 10.7. The van der Waals surface area contributed by atoms with Crippen LogP contribution in [0.4, 0.5) is 4.39 Å². The predicted octanol–water partition coefficient (Wildman–Crippen LogP) is 1.64. The van der Waals surface area contributed by atoms with Crippen LogP contribution in [0, 0.1) is 5.82 Å². The second-order valence-corrected chi connectivity index (χ2v) is 4.07. The van der Waals surface area contributed by atoms with Gasteiger partial charge in [0.25, 0.3) is 5.88 Å². The second kappa shape index (κ2) is 6.24. The zero-order valence-corrected chi connectivity index (χ0v) is 10.9. The van der Waals surface area contributed by atoms with E-state index in [1.54, 1.807) is 13.1 Å². The number of halogens is 1. The van der Waals surface area contributed by atoms with Crippen molar-refractivity contribution >= 4 is 0 Å². The number of aromatic nitrogens is 4. The molecule has 19 heavy (non-hydrogen) atoms. The number of nitrogens with zero attached hydrogens (tertiary/aromatic N) is 4. The van der Waals surface area contributed by atoms with Gasteiger partial charge < -0.3 is 10.1 Å². The lowest BCUT2D eigenvalue weighted by Gasteiger charge is -2.07. The summed E-state index contributed by atoms with van der Waals surface area (Å²) in [6.45, 7) is 3.32. The van der Waals surface area contributed by atoms with Gasteiger partial charge in [-0.15, -0.1) is 5.10 Å². The van der Waals surface area contributed by atoms with Gasteiger partial charge in [0.2, 0.25) is 0 Å². The Morgan fingerprint density at radius 3 is 2.95 bits per heavy atom. The Bertz CT molecular complexity index is 543. The van der Waals surface area contributed by atoms with E-state index in [0.717, 1.165) is 13.0 Å². The molecule has 0 amide bonds. The summed E-state index contributed by atoms with van der Waals surface area (Å²) >= 11 is 0. The second-order valence-electron chi connectivity index (χ2n) is 4.07. The summed E-state index contributed by atoms with van der Waals surface area (Å²) in [4.78, 5) is 7.72. The third kappa shape index (κ3) is 3.47. The molecule has 2 aromatic heterocycles. The molecule has 2 heterocycles. The van der Waals surface area contributed by atoms with Crippen molar-refractivity contribution in [2.45, 2.75) is 19.9 Å². The SMILES string of the molecule is CCCNCc1ccnc(Oc2ncn(C)n2)c1F. The maximum Gasteiger partial charge on any atom is 0.342 e. The van der Waals surface area contributed by atoms with Gasteiger partial charge in [-0.2, -0.15) is 4.98 Å². The number of hydrogen-bond donors (Lipinski definition) is 1. The minimum absolute atomic E-state index is 0.0765. The maximum atomic E-state index is 14.1. The standard InChI is InChI=1S/C12H16FN5O/c1-3-5-14-7-9-4-6-15-11(10(9)13)19-12-16-8-18(2)17-12/h4,6,8,14H,3,5,7H2,1-2H3. The molecule has 0 aromatic carbocycles. The predicted molar refractivity (Wildman–Crippen MR) is 67.3 cm³/mol. The van der Waals surface area contributed by atoms with Crippen molar-refractivity contribution in [1.29, 1.82) is 0 Å². The molecule has 0 radical (unpaired) electrons. The molecule has 0 fully saturated rings. The first-order valence-electron chi connectivity index (χ1n) is 6.08. The van der Waals surface area contributed by atoms with Gasteiger partial charge in [0.1, 0.15) is 6.33 Å². The van der Waals surface area contributed by atoms with Gasteiger partial charge in [0.05, 0.1) is 0 Å². The van der Waals surface area contributed by atoms with Crippen molar-refractivity contribution in [2.75, 3.05) is 6.54 Å². The van der Waals surface area contributed by atoms with Crippen molar-refractivity contribution in [3.63, 3.8) is 0 Å². The summed E-state index contributed by atoms with van der Waals surface area (Å²) in [7, 11) is 1.70. The molecule has 0 atom stereocenters. The highest BCUT2D eigenvalue weighted by atomic mass is 19.1. The number of nitrogens with one attached hydrogen (secondary N) is 1. The van der Waals surface area contributed by atoms with E-state index in [9.17, 15) is 4.39 Å². The van der Waals surface area contributed by atoms with Gasteiger partial charge in [-0.25, -0.2) is 9.37 Å². The number of ether oxygens (including phenoxy) is 1. The van der Waals surface area contributed by atoms with Crippen LogP contribution in [0.3, 0.4) is 0 Å². The van der Waals surface area contributed by atoms with E-state index >= 15 is 0 Å². The zero-order valence-electron chi connectivity index (χ0n) is 10.9. The highest BCUT2D eigenvalue weighted by molar-refractivity contribution is 5.25. The van der Waals surface area contributed by atoms with Crippen LogP contribution in [0.2, 0.25) is 0 Å². The minimum Gasteiger partial charge on any atom is -0.401 e. The highest BCUT2D eigenvalue weighted by Crippen LogP contribution is 2.21. The molecule has 1 N–H and O–H groups in total. The number of aryl methyl sites for hydroxylation is 1. The van der Waals surface area contributed by atoms with Gasteiger partial charge in [-0.1, -0.05) is 6.92 Å². The third-order valence-corrected chi connectivity index (χ3v) is 2.45. The van der Waals surface area contributed by atoms with Crippen LogP contribution in [-0.2, 0) is 13.6 Å². The van der Waals surface area contributed by atoms with Crippen LogP contribution < -0.4 is 10.1 Å². The van der Waals surface area contributed by atoms with E-state index in [1.165, 1.54) is 17.2 Å². The monoisotopic (exact) mass is 265 g/mol. The van der Waals surface area contributed by atoms with Crippen molar-refractivity contribution in [2.24, 2.45) is 7.05 Å². The molecule has 0 aliphatic carbocycles. The lowest BCUT2D eigenvalue weighted by atomic mass is 10.2. The molecule has 0 unspecified atom stereocenters. The summed E-state index contributed by atoms with van der Waals surface area (Å²) in [5.74, 6) is -0.597. The number of hydrogen-bond acceptors (Lipinski definition) is 5. The Morgan fingerprint density at radius 2 is 2.26 bits per heavy atom. The molecule has 0 aliphatic heterocycles. The molecule has 2 rings (SSSR count). The molecule has 6 nitrogen and oxygen atoms in total. The van der Waals surface area contributed by atoms with Crippen LogP contribution in [0.25, 0.3) is 0 Å². The Kier molecular flexibility index (Phi) is 4.40. The molecular formula is C12H16FN5O. The fourth-order valence-corrected chi connectivity index (χ4v) is 1.52. The van der Waals surface area contributed by atoms with Gasteiger partial charge in [0.15, 0.2) is 5.82 Å². The van der Waals surface area contributed by atoms with E-state index in [2.05, 4.69) is 27.3 Å². The number of rotatable bonds is 6. The van der Waals surface area contributed by atoms with Gasteiger partial charge in [-0.05, 0) is 19.0 Å². The van der Waals surface area contributed by atoms with Crippen molar-refractivity contribution in [3.05, 3.63) is 30.0 Å². The first kappa shape index (κ1) is 13.4. The van der Waals surface area contributed by atoms with Crippen LogP contribution in [0.15, 0.2) is 18.6 Å². The molecular weight excluding hydrogens is 249 g/mol. The first-order valence-corrected chi connectivity index (χ1v) is 6.08. The van der Waals surface area contributed by atoms with E-state index in [-0.39, 0.29) is 11.9 Å². The molecule has 0 saturated carbocycles. The summed E-state index contributed by atoms with van der Waals surface area (Å²) in [6.07, 6.45) is 3.97. The summed E-state index contributed by atoms with van der Waals surface area (Å²) in [5, 5.41) is 7.04. The minimum atomic E-state index is -0.487.